The third-order valence-corrected chi connectivity index (χ3v) is 5.10. The Balaban J connectivity index is 1.36. The van der Waals surface area contributed by atoms with E-state index in [0.717, 1.165) is 27.7 Å². The van der Waals surface area contributed by atoms with E-state index < -0.39 is 0 Å². The Kier molecular flexibility index (Phi) is 6.38. The number of fused-ring (bicyclic) bond motifs is 1. The van der Waals surface area contributed by atoms with Crippen LogP contribution in [0.2, 0.25) is 0 Å². The molecule has 4 rings (SSSR count). The van der Waals surface area contributed by atoms with Gasteiger partial charge in [-0.3, -0.25) is 14.6 Å². The van der Waals surface area contributed by atoms with Crippen LogP contribution in [0.5, 0.6) is 0 Å². The Morgan fingerprint density at radius 2 is 1.58 bits per heavy atom. The van der Waals surface area contributed by atoms with E-state index in [2.05, 4.69) is 21.7 Å². The fourth-order valence-corrected chi connectivity index (χ4v) is 3.53. The van der Waals surface area contributed by atoms with Crippen LogP contribution in [0.15, 0.2) is 85.2 Å². The third-order valence-electron chi connectivity index (χ3n) is 5.10. The van der Waals surface area contributed by atoms with Gasteiger partial charge in [-0.2, -0.15) is 0 Å². The Morgan fingerprint density at radius 1 is 0.839 bits per heavy atom. The molecule has 0 fully saturated rings. The van der Waals surface area contributed by atoms with Gasteiger partial charge in [0.1, 0.15) is 6.54 Å². The highest BCUT2D eigenvalue weighted by Gasteiger charge is 2.13. The SMILES string of the molecule is O=C(CCNC(=O)Cn1c(-c2ccccc2)cc2ccccc21)NCc1ccncc1. The van der Waals surface area contributed by atoms with E-state index in [0.29, 0.717) is 13.1 Å². The van der Waals surface area contributed by atoms with Crippen molar-refractivity contribution in [3.63, 3.8) is 0 Å². The van der Waals surface area contributed by atoms with Crippen LogP contribution in [-0.4, -0.2) is 27.9 Å². The molecule has 0 atom stereocenters. The zero-order valence-corrected chi connectivity index (χ0v) is 17.1. The molecule has 0 spiro atoms. The molecule has 6 nitrogen and oxygen atoms in total. The van der Waals surface area contributed by atoms with Gasteiger partial charge in [-0.05, 0) is 35.4 Å². The van der Waals surface area contributed by atoms with Gasteiger partial charge in [0.05, 0.1) is 0 Å². The van der Waals surface area contributed by atoms with Crippen molar-refractivity contribution >= 4 is 22.7 Å². The van der Waals surface area contributed by atoms with Gasteiger partial charge in [0, 0.05) is 48.5 Å². The number of benzene rings is 2. The van der Waals surface area contributed by atoms with Crippen molar-refractivity contribution < 1.29 is 9.59 Å². The van der Waals surface area contributed by atoms with Crippen molar-refractivity contribution in [3.05, 3.63) is 90.8 Å². The standard InChI is InChI=1S/C25H24N4O2/c30-24(28-17-19-10-13-26-14-11-19)12-15-27-25(31)18-29-22-9-5-4-8-21(22)16-23(29)20-6-2-1-3-7-20/h1-11,13-14,16H,12,15,17-18H2,(H,27,31)(H,28,30). The molecule has 0 saturated heterocycles. The second kappa shape index (κ2) is 9.71. The van der Waals surface area contributed by atoms with E-state index in [1.807, 2.05) is 71.3 Å². The second-order valence-electron chi connectivity index (χ2n) is 7.27. The number of para-hydroxylation sites is 1. The zero-order valence-electron chi connectivity index (χ0n) is 17.1. The van der Waals surface area contributed by atoms with E-state index in [4.69, 9.17) is 0 Å². The molecular formula is C25H24N4O2. The molecule has 0 unspecified atom stereocenters. The Labute approximate surface area is 180 Å². The second-order valence-corrected chi connectivity index (χ2v) is 7.27. The number of hydrogen-bond acceptors (Lipinski definition) is 3. The number of carbonyl (C=O) groups excluding carboxylic acids is 2. The molecular weight excluding hydrogens is 388 g/mol. The maximum atomic E-state index is 12.6. The summed E-state index contributed by atoms with van der Waals surface area (Å²) in [6.07, 6.45) is 3.61. The van der Waals surface area contributed by atoms with Crippen LogP contribution in [0.4, 0.5) is 0 Å². The number of aromatic nitrogens is 2. The first-order chi connectivity index (χ1) is 15.2. The van der Waals surface area contributed by atoms with Gasteiger partial charge in [-0.1, -0.05) is 48.5 Å². The van der Waals surface area contributed by atoms with Crippen LogP contribution in [0, 0.1) is 0 Å². The average molecular weight is 412 g/mol. The number of hydrogen-bond donors (Lipinski definition) is 2. The van der Waals surface area contributed by atoms with Gasteiger partial charge >= 0.3 is 0 Å². The number of carbonyl (C=O) groups is 2. The predicted molar refractivity (Wildman–Crippen MR) is 121 cm³/mol. The molecule has 0 radical (unpaired) electrons. The molecule has 2 aromatic heterocycles. The predicted octanol–water partition coefficient (Wildman–Crippen LogP) is 3.53. The molecule has 156 valence electrons. The van der Waals surface area contributed by atoms with Crippen molar-refractivity contribution in [2.24, 2.45) is 0 Å². The summed E-state index contributed by atoms with van der Waals surface area (Å²) in [6, 6.07) is 23.9. The van der Waals surface area contributed by atoms with E-state index in [1.165, 1.54) is 0 Å². The van der Waals surface area contributed by atoms with Crippen molar-refractivity contribution in [3.8, 4) is 11.3 Å². The quantitative estimate of drug-likeness (QED) is 0.465. The summed E-state index contributed by atoms with van der Waals surface area (Å²) >= 11 is 0. The highest BCUT2D eigenvalue weighted by Crippen LogP contribution is 2.28. The summed E-state index contributed by atoms with van der Waals surface area (Å²) < 4.78 is 2.02. The summed E-state index contributed by atoms with van der Waals surface area (Å²) in [5.41, 5.74) is 4.04. The number of nitrogens with one attached hydrogen (secondary N) is 2. The average Bonchev–Trinajstić information content (AvgIpc) is 3.17. The van der Waals surface area contributed by atoms with Crippen LogP contribution < -0.4 is 10.6 Å². The smallest absolute Gasteiger partial charge is 0.239 e. The first-order valence-corrected chi connectivity index (χ1v) is 10.3. The first kappa shape index (κ1) is 20.3. The molecule has 31 heavy (non-hydrogen) atoms. The van der Waals surface area contributed by atoms with E-state index in [1.54, 1.807) is 12.4 Å². The molecule has 2 amide bonds. The van der Waals surface area contributed by atoms with E-state index in [9.17, 15) is 9.59 Å². The molecule has 2 aromatic carbocycles. The van der Waals surface area contributed by atoms with Crippen LogP contribution in [-0.2, 0) is 22.7 Å². The lowest BCUT2D eigenvalue weighted by Crippen LogP contribution is -2.32. The number of nitrogens with zero attached hydrogens (tertiary/aromatic N) is 2. The summed E-state index contributed by atoms with van der Waals surface area (Å²) in [5, 5.41) is 6.80. The minimum absolute atomic E-state index is 0.103. The number of amides is 2. The van der Waals surface area contributed by atoms with Crippen molar-refractivity contribution in [1.82, 2.24) is 20.2 Å². The van der Waals surface area contributed by atoms with Crippen LogP contribution >= 0.6 is 0 Å². The largest absolute Gasteiger partial charge is 0.354 e. The highest BCUT2D eigenvalue weighted by atomic mass is 16.2. The maximum Gasteiger partial charge on any atom is 0.239 e. The molecule has 4 aromatic rings. The molecule has 2 N–H and O–H groups in total. The molecule has 0 saturated carbocycles. The summed E-state index contributed by atoms with van der Waals surface area (Å²) in [5.74, 6) is -0.228. The van der Waals surface area contributed by atoms with E-state index >= 15 is 0 Å². The van der Waals surface area contributed by atoms with Gasteiger partial charge in [-0.15, -0.1) is 0 Å². The summed E-state index contributed by atoms with van der Waals surface area (Å²) in [4.78, 5) is 28.6. The molecule has 6 heteroatoms. The molecule has 0 aliphatic heterocycles. The Hall–Kier alpha value is -3.93. The molecule has 0 bridgehead atoms. The van der Waals surface area contributed by atoms with Crippen molar-refractivity contribution in [2.45, 2.75) is 19.5 Å². The lowest BCUT2D eigenvalue weighted by Gasteiger charge is -2.12. The molecule has 0 aliphatic carbocycles. The maximum absolute atomic E-state index is 12.6. The van der Waals surface area contributed by atoms with Crippen molar-refractivity contribution in [2.75, 3.05) is 6.54 Å². The topological polar surface area (TPSA) is 76.0 Å². The lowest BCUT2D eigenvalue weighted by molar-refractivity contribution is -0.122. The van der Waals surface area contributed by atoms with Gasteiger partial charge in [-0.25, -0.2) is 0 Å². The Bertz CT molecular complexity index is 1170. The van der Waals surface area contributed by atoms with Gasteiger partial charge in [0.2, 0.25) is 11.8 Å². The zero-order chi connectivity index (χ0) is 21.5. The highest BCUT2D eigenvalue weighted by molar-refractivity contribution is 5.89. The first-order valence-electron chi connectivity index (χ1n) is 10.3. The fraction of sp³-hybridized carbons (Fsp3) is 0.160. The minimum Gasteiger partial charge on any atom is -0.354 e. The summed E-state index contributed by atoms with van der Waals surface area (Å²) in [7, 11) is 0. The molecule has 2 heterocycles. The van der Waals surface area contributed by atoms with Crippen LogP contribution in [0.1, 0.15) is 12.0 Å². The van der Waals surface area contributed by atoms with Crippen molar-refractivity contribution in [1.29, 1.82) is 0 Å². The van der Waals surface area contributed by atoms with E-state index in [-0.39, 0.29) is 24.8 Å². The number of rotatable bonds is 8. The van der Waals surface area contributed by atoms with Crippen LogP contribution in [0.25, 0.3) is 22.2 Å². The van der Waals surface area contributed by atoms with Gasteiger partial charge in [0.25, 0.3) is 0 Å². The minimum atomic E-state index is -0.125. The fourth-order valence-electron chi connectivity index (χ4n) is 3.53. The number of pyridine rings is 1. The Morgan fingerprint density at radius 3 is 2.39 bits per heavy atom. The van der Waals surface area contributed by atoms with Gasteiger partial charge in [0.15, 0.2) is 0 Å². The van der Waals surface area contributed by atoms with Gasteiger partial charge < -0.3 is 15.2 Å². The monoisotopic (exact) mass is 412 g/mol. The van der Waals surface area contributed by atoms with Crippen LogP contribution in [0.3, 0.4) is 0 Å². The summed E-state index contributed by atoms with van der Waals surface area (Å²) in [6.45, 7) is 0.933. The third kappa shape index (κ3) is 5.17. The lowest BCUT2D eigenvalue weighted by atomic mass is 10.1. The normalized spacial score (nSPS) is 10.7. The molecule has 0 aliphatic rings.